The average molecular weight is 204 g/mol. The normalized spacial score (nSPS) is 8.85. The van der Waals surface area contributed by atoms with Crippen molar-refractivity contribution >= 4 is 12.4 Å². The zero-order valence-corrected chi connectivity index (χ0v) is 8.56. The number of hydrogen-bond acceptors (Lipinski definition) is 3. The number of rotatable bonds is 3. The Kier molecular flexibility index (Phi) is 5.26. The standard InChI is InChI=1S/C9H13NO2.ClH/c1-11-8-4-3-5-9(12-2)7(8)6-10;/h3-5H,6,10H2,1-2H3;1H. The first kappa shape index (κ1) is 12.1. The molecule has 0 aliphatic carbocycles. The third kappa shape index (κ3) is 2.50. The van der Waals surface area contributed by atoms with Crippen molar-refractivity contribution in [3.05, 3.63) is 23.8 Å². The summed E-state index contributed by atoms with van der Waals surface area (Å²) in [5, 5.41) is 0. The van der Waals surface area contributed by atoms with Gasteiger partial charge in [0.1, 0.15) is 11.5 Å². The lowest BCUT2D eigenvalue weighted by atomic mass is 10.2. The Morgan fingerprint density at radius 1 is 1.15 bits per heavy atom. The molecule has 0 aliphatic rings. The summed E-state index contributed by atoms with van der Waals surface area (Å²) in [6.07, 6.45) is 0. The molecule has 0 fully saturated rings. The Hall–Kier alpha value is -0.930. The number of halogens is 1. The van der Waals surface area contributed by atoms with Crippen molar-refractivity contribution in [1.29, 1.82) is 0 Å². The van der Waals surface area contributed by atoms with Crippen LogP contribution in [0.15, 0.2) is 18.2 Å². The van der Waals surface area contributed by atoms with Crippen LogP contribution >= 0.6 is 12.4 Å². The Bertz CT molecular complexity index is 244. The summed E-state index contributed by atoms with van der Waals surface area (Å²) in [4.78, 5) is 0. The molecule has 3 nitrogen and oxygen atoms in total. The second-order valence-corrected chi connectivity index (χ2v) is 2.35. The second kappa shape index (κ2) is 5.67. The molecule has 1 aromatic rings. The first-order valence-corrected chi connectivity index (χ1v) is 3.73. The summed E-state index contributed by atoms with van der Waals surface area (Å²) in [6, 6.07) is 5.60. The summed E-state index contributed by atoms with van der Waals surface area (Å²) in [5.74, 6) is 1.55. The van der Waals surface area contributed by atoms with Gasteiger partial charge in [0.15, 0.2) is 0 Å². The number of nitrogens with two attached hydrogens (primary N) is 1. The third-order valence-electron chi connectivity index (χ3n) is 1.73. The van der Waals surface area contributed by atoms with Crippen LogP contribution in [0.4, 0.5) is 0 Å². The summed E-state index contributed by atoms with van der Waals surface area (Å²) in [5.41, 5.74) is 6.45. The van der Waals surface area contributed by atoms with Crippen LogP contribution in [0, 0.1) is 0 Å². The molecule has 2 N–H and O–H groups in total. The zero-order valence-electron chi connectivity index (χ0n) is 7.74. The number of hydrogen-bond donors (Lipinski definition) is 1. The molecule has 0 unspecified atom stereocenters. The maximum absolute atomic E-state index is 5.54. The molecule has 0 bridgehead atoms. The molecule has 0 aromatic heterocycles. The van der Waals surface area contributed by atoms with Gasteiger partial charge in [0.25, 0.3) is 0 Å². The molecule has 13 heavy (non-hydrogen) atoms. The van der Waals surface area contributed by atoms with E-state index in [-0.39, 0.29) is 12.4 Å². The lowest BCUT2D eigenvalue weighted by Gasteiger charge is -2.10. The van der Waals surface area contributed by atoms with Gasteiger partial charge in [-0.1, -0.05) is 6.07 Å². The first-order chi connectivity index (χ1) is 5.83. The SMILES string of the molecule is COc1cccc(OC)c1CN.Cl. The van der Waals surface area contributed by atoms with Crippen molar-refractivity contribution in [2.75, 3.05) is 14.2 Å². The van der Waals surface area contributed by atoms with Gasteiger partial charge in [-0.05, 0) is 12.1 Å². The molecule has 0 aliphatic heterocycles. The first-order valence-electron chi connectivity index (χ1n) is 3.73. The Morgan fingerprint density at radius 3 is 1.92 bits per heavy atom. The van der Waals surface area contributed by atoms with Crippen molar-refractivity contribution in [1.82, 2.24) is 0 Å². The molecule has 1 aromatic carbocycles. The Morgan fingerprint density at radius 2 is 1.62 bits per heavy atom. The molecule has 0 saturated heterocycles. The molecule has 1 rings (SSSR count). The number of ether oxygens (including phenoxy) is 2. The van der Waals surface area contributed by atoms with Crippen LogP contribution in [0.1, 0.15) is 5.56 Å². The largest absolute Gasteiger partial charge is 0.496 e. The van der Waals surface area contributed by atoms with Crippen LogP contribution in [0.25, 0.3) is 0 Å². The average Bonchev–Trinajstić information content (AvgIpc) is 2.16. The fourth-order valence-corrected chi connectivity index (χ4v) is 1.13. The highest BCUT2D eigenvalue weighted by molar-refractivity contribution is 5.85. The molecule has 0 heterocycles. The van der Waals surface area contributed by atoms with E-state index in [2.05, 4.69) is 0 Å². The smallest absolute Gasteiger partial charge is 0.127 e. The molecular formula is C9H14ClNO2. The highest BCUT2D eigenvalue weighted by atomic mass is 35.5. The topological polar surface area (TPSA) is 44.5 Å². The zero-order chi connectivity index (χ0) is 8.97. The third-order valence-corrected chi connectivity index (χ3v) is 1.73. The van der Waals surface area contributed by atoms with E-state index in [0.717, 1.165) is 17.1 Å². The second-order valence-electron chi connectivity index (χ2n) is 2.35. The quantitative estimate of drug-likeness (QED) is 0.812. The van der Waals surface area contributed by atoms with Crippen molar-refractivity contribution in [3.8, 4) is 11.5 Å². The van der Waals surface area contributed by atoms with Gasteiger partial charge in [-0.25, -0.2) is 0 Å². The van der Waals surface area contributed by atoms with Crippen molar-refractivity contribution < 1.29 is 9.47 Å². The highest BCUT2D eigenvalue weighted by Crippen LogP contribution is 2.26. The van der Waals surface area contributed by atoms with E-state index in [1.54, 1.807) is 14.2 Å². The van der Waals surface area contributed by atoms with Crippen molar-refractivity contribution in [3.63, 3.8) is 0 Å². The van der Waals surface area contributed by atoms with E-state index in [9.17, 15) is 0 Å². The van der Waals surface area contributed by atoms with E-state index in [1.165, 1.54) is 0 Å². The summed E-state index contributed by atoms with van der Waals surface area (Å²) < 4.78 is 10.2. The Labute approximate surface area is 84.2 Å². The fraction of sp³-hybridized carbons (Fsp3) is 0.333. The molecule has 0 spiro atoms. The van der Waals surface area contributed by atoms with Gasteiger partial charge in [0.2, 0.25) is 0 Å². The van der Waals surface area contributed by atoms with Gasteiger partial charge in [-0.2, -0.15) is 0 Å². The van der Waals surface area contributed by atoms with Crippen LogP contribution in [0.3, 0.4) is 0 Å². The van der Waals surface area contributed by atoms with Crippen LogP contribution in [0.5, 0.6) is 11.5 Å². The Balaban J connectivity index is 0.00000144. The molecule has 0 saturated carbocycles. The number of methoxy groups -OCH3 is 2. The molecule has 4 heteroatoms. The molecular weight excluding hydrogens is 190 g/mol. The minimum atomic E-state index is 0. The van der Waals surface area contributed by atoms with Gasteiger partial charge in [-0.3, -0.25) is 0 Å². The molecule has 0 radical (unpaired) electrons. The molecule has 74 valence electrons. The minimum Gasteiger partial charge on any atom is -0.496 e. The maximum Gasteiger partial charge on any atom is 0.127 e. The number of benzene rings is 1. The lowest BCUT2D eigenvalue weighted by molar-refractivity contribution is 0.385. The van der Waals surface area contributed by atoms with Crippen molar-refractivity contribution in [2.45, 2.75) is 6.54 Å². The predicted molar refractivity (Wildman–Crippen MR) is 54.7 cm³/mol. The maximum atomic E-state index is 5.54. The van der Waals surface area contributed by atoms with Gasteiger partial charge in [0.05, 0.1) is 14.2 Å². The molecule has 0 atom stereocenters. The summed E-state index contributed by atoms with van der Waals surface area (Å²) in [6.45, 7) is 0.424. The fourth-order valence-electron chi connectivity index (χ4n) is 1.13. The van der Waals surface area contributed by atoms with Gasteiger partial charge in [0, 0.05) is 12.1 Å². The van der Waals surface area contributed by atoms with Gasteiger partial charge < -0.3 is 15.2 Å². The van der Waals surface area contributed by atoms with E-state index in [1.807, 2.05) is 18.2 Å². The van der Waals surface area contributed by atoms with Crippen molar-refractivity contribution in [2.24, 2.45) is 5.73 Å². The summed E-state index contributed by atoms with van der Waals surface area (Å²) >= 11 is 0. The van der Waals surface area contributed by atoms with Crippen LogP contribution in [-0.4, -0.2) is 14.2 Å². The van der Waals surface area contributed by atoms with E-state index in [0.29, 0.717) is 6.54 Å². The molecule has 0 amide bonds. The monoisotopic (exact) mass is 203 g/mol. The van der Waals surface area contributed by atoms with Gasteiger partial charge >= 0.3 is 0 Å². The van der Waals surface area contributed by atoms with E-state index >= 15 is 0 Å². The van der Waals surface area contributed by atoms with E-state index < -0.39 is 0 Å². The predicted octanol–water partition coefficient (Wildman–Crippen LogP) is 1.58. The van der Waals surface area contributed by atoms with Crippen LogP contribution in [-0.2, 0) is 6.54 Å². The van der Waals surface area contributed by atoms with Crippen LogP contribution in [0.2, 0.25) is 0 Å². The lowest BCUT2D eigenvalue weighted by Crippen LogP contribution is -2.02. The van der Waals surface area contributed by atoms with E-state index in [4.69, 9.17) is 15.2 Å². The van der Waals surface area contributed by atoms with Gasteiger partial charge in [-0.15, -0.1) is 12.4 Å². The summed E-state index contributed by atoms with van der Waals surface area (Å²) in [7, 11) is 3.24. The minimum absolute atomic E-state index is 0. The van der Waals surface area contributed by atoms with Crippen LogP contribution < -0.4 is 15.2 Å². The highest BCUT2D eigenvalue weighted by Gasteiger charge is 2.06.